The van der Waals surface area contributed by atoms with Gasteiger partial charge in [0.05, 0.1) is 18.2 Å². The molecule has 2 amide bonds. The van der Waals surface area contributed by atoms with Gasteiger partial charge in [0.15, 0.2) is 0 Å². The number of nitrogens with one attached hydrogen (secondary N) is 2. The molecule has 0 spiro atoms. The minimum absolute atomic E-state index is 0.0212. The topological polar surface area (TPSA) is 184 Å². The summed E-state index contributed by atoms with van der Waals surface area (Å²) in [4.78, 5) is 13.3. The van der Waals surface area contributed by atoms with Gasteiger partial charge in [-0.2, -0.15) is 31.5 Å². The number of nitriles is 1. The van der Waals surface area contributed by atoms with E-state index in [0.717, 1.165) is 9.21 Å². The van der Waals surface area contributed by atoms with Crippen LogP contribution in [-0.4, -0.2) is 79.7 Å². The van der Waals surface area contributed by atoms with Gasteiger partial charge in [0.1, 0.15) is 5.84 Å². The van der Waals surface area contributed by atoms with Crippen molar-refractivity contribution >= 4 is 32.5 Å². The van der Waals surface area contributed by atoms with Crippen LogP contribution in [0.3, 0.4) is 0 Å². The van der Waals surface area contributed by atoms with Gasteiger partial charge in [-0.05, 0) is 12.8 Å². The molecule has 146 valence electrons. The summed E-state index contributed by atoms with van der Waals surface area (Å²) < 4.78 is 61.9. The molecule has 0 aromatic rings. The first kappa shape index (κ1) is 20.3. The minimum atomic E-state index is -4.89. The van der Waals surface area contributed by atoms with E-state index in [4.69, 9.17) is 15.2 Å². The first-order chi connectivity index (χ1) is 12.0. The molecule has 3 N–H and O–H groups in total. The standard InChI is InChI=1S/C11H18N6O7S2/c1-15(6-2-5-12)25(19,20)14-10(13)9-4-3-8-7-16(9)11(18)17(8)24-26(21,22)23/h8-9H,2-4,6-7H2,1H3,(H2,13,14)(H,21,22,23)/t8-,9+/m1/s1. The van der Waals surface area contributed by atoms with Crippen LogP contribution in [0.1, 0.15) is 19.3 Å². The van der Waals surface area contributed by atoms with E-state index >= 15 is 0 Å². The predicted molar refractivity (Wildman–Crippen MR) is 86.0 cm³/mol. The second kappa shape index (κ2) is 7.32. The normalized spacial score (nSPS) is 23.2. The third-order valence-electron chi connectivity index (χ3n) is 4.02. The Morgan fingerprint density at radius 1 is 1.46 bits per heavy atom. The van der Waals surface area contributed by atoms with Crippen molar-refractivity contribution in [1.29, 1.82) is 10.7 Å². The number of piperidine rings is 1. The van der Waals surface area contributed by atoms with E-state index in [1.54, 1.807) is 0 Å². The van der Waals surface area contributed by atoms with E-state index in [1.165, 1.54) is 7.05 Å². The summed E-state index contributed by atoms with van der Waals surface area (Å²) in [6, 6.07) is -0.642. The lowest BCUT2D eigenvalue weighted by atomic mass is 10.0. The number of hydrogen-bond donors (Lipinski definition) is 3. The molecule has 0 aromatic heterocycles. The Morgan fingerprint density at radius 3 is 2.69 bits per heavy atom. The number of amidine groups is 1. The first-order valence-electron chi connectivity index (χ1n) is 7.42. The highest BCUT2D eigenvalue weighted by Crippen LogP contribution is 2.30. The third kappa shape index (κ3) is 4.40. The Kier molecular flexibility index (Phi) is 5.73. The molecule has 0 aromatic carbocycles. The molecule has 0 saturated carbocycles. The van der Waals surface area contributed by atoms with Crippen LogP contribution in [0.25, 0.3) is 0 Å². The molecule has 0 radical (unpaired) electrons. The van der Waals surface area contributed by atoms with Gasteiger partial charge in [-0.25, -0.2) is 4.79 Å². The van der Waals surface area contributed by atoms with Crippen molar-refractivity contribution in [1.82, 2.24) is 19.0 Å². The van der Waals surface area contributed by atoms with Crippen LogP contribution in [0.2, 0.25) is 0 Å². The van der Waals surface area contributed by atoms with Gasteiger partial charge in [0, 0.05) is 26.6 Å². The maximum absolute atomic E-state index is 12.3. The number of hydrogen-bond acceptors (Lipinski definition) is 8. The van der Waals surface area contributed by atoms with Crippen LogP contribution in [0.5, 0.6) is 0 Å². The zero-order valence-corrected chi connectivity index (χ0v) is 15.3. The predicted octanol–water partition coefficient (Wildman–Crippen LogP) is -1.35. The van der Waals surface area contributed by atoms with Gasteiger partial charge in [-0.15, -0.1) is 4.28 Å². The highest BCUT2D eigenvalue weighted by Gasteiger charge is 2.48. The Bertz CT molecular complexity index is 836. The fraction of sp³-hybridized carbons (Fsp3) is 0.727. The number of fused-ring (bicyclic) bond motifs is 2. The summed E-state index contributed by atoms with van der Waals surface area (Å²) in [6.45, 7) is -0.0438. The van der Waals surface area contributed by atoms with Crippen molar-refractivity contribution in [3.8, 4) is 6.07 Å². The van der Waals surface area contributed by atoms with Gasteiger partial charge in [0.2, 0.25) is 0 Å². The molecule has 0 aliphatic carbocycles. The second-order valence-electron chi connectivity index (χ2n) is 5.76. The average molecular weight is 410 g/mol. The van der Waals surface area contributed by atoms with E-state index in [1.807, 2.05) is 6.07 Å². The summed E-state index contributed by atoms with van der Waals surface area (Å²) in [5.41, 5.74) is 0. The molecular formula is C11H18N6O7S2. The maximum atomic E-state index is 12.3. The van der Waals surface area contributed by atoms with E-state index in [-0.39, 0.29) is 32.4 Å². The van der Waals surface area contributed by atoms with Gasteiger partial charge < -0.3 is 4.90 Å². The summed E-state index contributed by atoms with van der Waals surface area (Å²) in [7, 11) is -7.71. The molecule has 0 unspecified atom stereocenters. The molecule has 15 heteroatoms. The molecule has 13 nitrogen and oxygen atoms in total. The van der Waals surface area contributed by atoms with Gasteiger partial charge in [-0.1, -0.05) is 0 Å². The number of nitrogens with zero attached hydrogens (tertiary/aromatic N) is 4. The van der Waals surface area contributed by atoms with Crippen molar-refractivity contribution in [2.45, 2.75) is 31.3 Å². The highest BCUT2D eigenvalue weighted by molar-refractivity contribution is 7.87. The number of hydroxylamine groups is 2. The Balaban J connectivity index is 2.08. The number of carbonyl (C=O) groups excluding carboxylic acids is 1. The van der Waals surface area contributed by atoms with Crippen molar-refractivity contribution in [3.63, 3.8) is 0 Å². The average Bonchev–Trinajstić information content (AvgIpc) is 2.75. The SMILES string of the molecule is CN(CCC#N)S(=O)(=O)NC(=N)[C@@H]1CC[C@@H]2CN1C(=O)N2OS(=O)(=O)O. The van der Waals surface area contributed by atoms with E-state index in [9.17, 15) is 21.6 Å². The van der Waals surface area contributed by atoms with Crippen LogP contribution in [0, 0.1) is 16.7 Å². The molecule has 2 rings (SSSR count). The first-order valence-corrected chi connectivity index (χ1v) is 10.2. The van der Waals surface area contributed by atoms with Crippen LogP contribution in [0.4, 0.5) is 4.79 Å². The zero-order valence-electron chi connectivity index (χ0n) is 13.7. The molecule has 26 heavy (non-hydrogen) atoms. The fourth-order valence-corrected chi connectivity index (χ4v) is 4.03. The maximum Gasteiger partial charge on any atom is 0.418 e. The zero-order chi connectivity index (χ0) is 19.7. The van der Waals surface area contributed by atoms with Crippen molar-refractivity contribution in [3.05, 3.63) is 0 Å². The van der Waals surface area contributed by atoms with Gasteiger partial charge in [0.25, 0.3) is 0 Å². The van der Waals surface area contributed by atoms with E-state index in [2.05, 4.69) is 9.01 Å². The molecule has 2 fully saturated rings. The lowest BCUT2D eigenvalue weighted by Crippen LogP contribution is -2.53. The third-order valence-corrected chi connectivity index (χ3v) is 5.85. The molecule has 2 aliphatic heterocycles. The smallest absolute Gasteiger partial charge is 0.310 e. The number of carbonyl (C=O) groups is 1. The summed E-state index contributed by atoms with van der Waals surface area (Å²) in [5, 5.41) is 17.0. The van der Waals surface area contributed by atoms with Crippen molar-refractivity contribution < 1.29 is 30.5 Å². The molecule has 2 bridgehead atoms. The molecule has 2 aliphatic rings. The largest absolute Gasteiger partial charge is 0.418 e. The second-order valence-corrected chi connectivity index (χ2v) is 8.54. The number of rotatable bonds is 7. The van der Waals surface area contributed by atoms with Crippen molar-refractivity contribution in [2.24, 2.45) is 0 Å². The van der Waals surface area contributed by atoms with Crippen LogP contribution >= 0.6 is 0 Å². The molecule has 2 atom stereocenters. The Hall–Kier alpha value is -1.99. The monoisotopic (exact) mass is 410 g/mol. The lowest BCUT2D eigenvalue weighted by Gasteiger charge is -2.31. The van der Waals surface area contributed by atoms with Crippen LogP contribution in [0.15, 0.2) is 0 Å². The molecule has 2 heterocycles. The van der Waals surface area contributed by atoms with E-state index < -0.39 is 44.6 Å². The van der Waals surface area contributed by atoms with Crippen LogP contribution in [-0.2, 0) is 24.9 Å². The minimum Gasteiger partial charge on any atom is -0.310 e. The fourth-order valence-electron chi connectivity index (χ4n) is 2.74. The Labute approximate surface area is 150 Å². The lowest BCUT2D eigenvalue weighted by molar-refractivity contribution is -0.0316. The highest BCUT2D eigenvalue weighted by atomic mass is 32.3. The van der Waals surface area contributed by atoms with Crippen molar-refractivity contribution in [2.75, 3.05) is 20.1 Å². The number of amides is 2. The van der Waals surface area contributed by atoms with Gasteiger partial charge in [-0.3, -0.25) is 14.7 Å². The van der Waals surface area contributed by atoms with Gasteiger partial charge >= 0.3 is 26.6 Å². The Morgan fingerprint density at radius 2 is 2.12 bits per heavy atom. The summed E-state index contributed by atoms with van der Waals surface area (Å²) in [6.07, 6.45) is 0.421. The summed E-state index contributed by atoms with van der Waals surface area (Å²) >= 11 is 0. The quantitative estimate of drug-likeness (QED) is 0.261. The molecule has 2 saturated heterocycles. The number of urea groups is 1. The van der Waals surface area contributed by atoms with E-state index in [0.29, 0.717) is 5.06 Å². The summed E-state index contributed by atoms with van der Waals surface area (Å²) in [5.74, 6) is -0.464. The molecular weight excluding hydrogens is 392 g/mol. The van der Waals surface area contributed by atoms with Crippen LogP contribution < -0.4 is 4.72 Å².